The third-order valence-electron chi connectivity index (χ3n) is 5.91. The van der Waals surface area contributed by atoms with E-state index in [1.807, 2.05) is 23.1 Å². The molecular weight excluding hydrogens is 396 g/mol. The highest BCUT2D eigenvalue weighted by Crippen LogP contribution is 2.39. The molecule has 0 spiro atoms. The van der Waals surface area contributed by atoms with E-state index in [4.69, 9.17) is 14.2 Å². The topological polar surface area (TPSA) is 77.1 Å². The highest BCUT2D eigenvalue weighted by molar-refractivity contribution is 5.98. The number of rotatable bonds is 6. The van der Waals surface area contributed by atoms with E-state index in [-0.39, 0.29) is 17.9 Å². The van der Waals surface area contributed by atoms with Crippen molar-refractivity contribution in [2.75, 3.05) is 32.7 Å². The van der Waals surface area contributed by atoms with Gasteiger partial charge in [-0.05, 0) is 62.1 Å². The molecule has 7 nitrogen and oxygen atoms in total. The van der Waals surface area contributed by atoms with E-state index in [0.717, 1.165) is 42.7 Å². The number of anilines is 1. The van der Waals surface area contributed by atoms with Gasteiger partial charge in [0.25, 0.3) is 11.8 Å². The number of carbonyl (C=O) groups excluding carboxylic acids is 2. The molecule has 2 saturated heterocycles. The Bertz CT molecular complexity index is 955. The highest BCUT2D eigenvalue weighted by atomic mass is 16.5. The number of carbonyl (C=O) groups is 2. The molecule has 2 aromatic rings. The van der Waals surface area contributed by atoms with Crippen molar-refractivity contribution in [2.24, 2.45) is 0 Å². The van der Waals surface area contributed by atoms with Crippen LogP contribution >= 0.6 is 0 Å². The maximum absolute atomic E-state index is 13.4. The van der Waals surface area contributed by atoms with Gasteiger partial charge < -0.3 is 24.4 Å². The Balaban J connectivity index is 1.54. The number of nitrogens with zero attached hydrogens (tertiary/aromatic N) is 1. The van der Waals surface area contributed by atoms with Crippen LogP contribution in [-0.2, 0) is 9.53 Å². The molecule has 164 valence electrons. The van der Waals surface area contributed by atoms with Crippen LogP contribution in [0.15, 0.2) is 42.5 Å². The second kappa shape index (κ2) is 9.39. The molecule has 0 saturated carbocycles. The zero-order valence-electron chi connectivity index (χ0n) is 17.9. The molecule has 2 heterocycles. The minimum Gasteiger partial charge on any atom is -0.497 e. The SMILES string of the molecule is COc1ccc(OC)c(C2CCCN2C(=O)c2cccc(NC(=O)C3CCCO3)c2)c1. The molecule has 4 rings (SSSR count). The Morgan fingerprint density at radius 1 is 1.06 bits per heavy atom. The second-order valence-corrected chi connectivity index (χ2v) is 7.84. The first-order chi connectivity index (χ1) is 15.1. The molecule has 2 aliphatic heterocycles. The maximum atomic E-state index is 13.4. The van der Waals surface area contributed by atoms with Crippen molar-refractivity contribution in [2.45, 2.75) is 37.8 Å². The number of likely N-dealkylation sites (tertiary alicyclic amines) is 1. The van der Waals surface area contributed by atoms with Crippen molar-refractivity contribution in [1.29, 1.82) is 0 Å². The summed E-state index contributed by atoms with van der Waals surface area (Å²) in [6.07, 6.45) is 2.96. The van der Waals surface area contributed by atoms with Crippen molar-refractivity contribution in [3.8, 4) is 11.5 Å². The first-order valence-electron chi connectivity index (χ1n) is 10.7. The van der Waals surface area contributed by atoms with Gasteiger partial charge in [-0.15, -0.1) is 0 Å². The molecule has 2 fully saturated rings. The summed E-state index contributed by atoms with van der Waals surface area (Å²) in [5, 5.41) is 2.87. The van der Waals surface area contributed by atoms with Crippen LogP contribution in [0.2, 0.25) is 0 Å². The fourth-order valence-corrected chi connectivity index (χ4v) is 4.34. The van der Waals surface area contributed by atoms with E-state index in [9.17, 15) is 9.59 Å². The van der Waals surface area contributed by atoms with Gasteiger partial charge in [0.15, 0.2) is 0 Å². The molecule has 2 amide bonds. The third kappa shape index (κ3) is 4.51. The molecule has 2 aromatic carbocycles. The van der Waals surface area contributed by atoms with E-state index in [2.05, 4.69) is 5.32 Å². The third-order valence-corrected chi connectivity index (χ3v) is 5.91. The lowest BCUT2D eigenvalue weighted by Gasteiger charge is -2.27. The van der Waals surface area contributed by atoms with Crippen molar-refractivity contribution >= 4 is 17.5 Å². The highest BCUT2D eigenvalue weighted by Gasteiger charge is 2.33. The number of amides is 2. The Hall–Kier alpha value is -3.06. The molecule has 31 heavy (non-hydrogen) atoms. The van der Waals surface area contributed by atoms with Gasteiger partial charge in [-0.1, -0.05) is 6.07 Å². The lowest BCUT2D eigenvalue weighted by atomic mass is 10.0. The molecule has 1 N–H and O–H groups in total. The minimum absolute atomic E-state index is 0.0689. The summed E-state index contributed by atoms with van der Waals surface area (Å²) >= 11 is 0. The number of methoxy groups -OCH3 is 2. The van der Waals surface area contributed by atoms with Crippen molar-refractivity contribution in [1.82, 2.24) is 4.90 Å². The first-order valence-corrected chi connectivity index (χ1v) is 10.7. The van der Waals surface area contributed by atoms with Gasteiger partial charge in [-0.25, -0.2) is 0 Å². The Kier molecular flexibility index (Phi) is 6.42. The second-order valence-electron chi connectivity index (χ2n) is 7.84. The van der Waals surface area contributed by atoms with Crippen molar-refractivity contribution < 1.29 is 23.8 Å². The fourth-order valence-electron chi connectivity index (χ4n) is 4.34. The van der Waals surface area contributed by atoms with Crippen LogP contribution in [0.3, 0.4) is 0 Å². The van der Waals surface area contributed by atoms with E-state index < -0.39 is 6.10 Å². The van der Waals surface area contributed by atoms with Crippen LogP contribution in [0.4, 0.5) is 5.69 Å². The molecule has 2 aliphatic rings. The van der Waals surface area contributed by atoms with Gasteiger partial charge >= 0.3 is 0 Å². The van der Waals surface area contributed by atoms with Crippen molar-refractivity contribution in [3.63, 3.8) is 0 Å². The molecule has 7 heteroatoms. The molecule has 0 bridgehead atoms. The van der Waals surface area contributed by atoms with Crippen LogP contribution in [0.25, 0.3) is 0 Å². The number of hydrogen-bond donors (Lipinski definition) is 1. The zero-order chi connectivity index (χ0) is 21.8. The molecular formula is C24H28N2O5. The predicted octanol–water partition coefficient (Wildman–Crippen LogP) is 3.80. The van der Waals surface area contributed by atoms with Gasteiger partial charge in [0.2, 0.25) is 0 Å². The largest absolute Gasteiger partial charge is 0.497 e. The summed E-state index contributed by atoms with van der Waals surface area (Å²) in [5.41, 5.74) is 2.08. The zero-order valence-corrected chi connectivity index (χ0v) is 17.9. The Morgan fingerprint density at radius 3 is 2.68 bits per heavy atom. The molecule has 0 radical (unpaired) electrons. The number of hydrogen-bond acceptors (Lipinski definition) is 5. The van der Waals surface area contributed by atoms with E-state index >= 15 is 0 Å². The van der Waals surface area contributed by atoms with Gasteiger partial charge in [0.1, 0.15) is 17.6 Å². The van der Waals surface area contributed by atoms with Crippen molar-refractivity contribution in [3.05, 3.63) is 53.6 Å². The van der Waals surface area contributed by atoms with Crippen LogP contribution in [0, 0.1) is 0 Å². The lowest BCUT2D eigenvalue weighted by Crippen LogP contribution is -2.31. The summed E-state index contributed by atoms with van der Waals surface area (Å²) in [6, 6.07) is 12.7. The number of ether oxygens (including phenoxy) is 3. The van der Waals surface area contributed by atoms with Crippen LogP contribution in [0.5, 0.6) is 11.5 Å². The normalized spacial score (nSPS) is 20.5. The summed E-state index contributed by atoms with van der Waals surface area (Å²) in [6.45, 7) is 1.27. The Labute approximate surface area is 182 Å². The molecule has 2 unspecified atom stereocenters. The summed E-state index contributed by atoms with van der Waals surface area (Å²) in [5.74, 6) is 1.24. The summed E-state index contributed by atoms with van der Waals surface area (Å²) < 4.78 is 16.4. The summed E-state index contributed by atoms with van der Waals surface area (Å²) in [4.78, 5) is 27.6. The maximum Gasteiger partial charge on any atom is 0.254 e. The molecule has 2 atom stereocenters. The van der Waals surface area contributed by atoms with Crippen LogP contribution in [0.1, 0.15) is 47.6 Å². The minimum atomic E-state index is -0.414. The lowest BCUT2D eigenvalue weighted by molar-refractivity contribution is -0.124. The molecule has 0 aliphatic carbocycles. The Morgan fingerprint density at radius 2 is 1.94 bits per heavy atom. The average Bonchev–Trinajstić information content (AvgIpc) is 3.50. The summed E-state index contributed by atoms with van der Waals surface area (Å²) in [7, 11) is 3.26. The smallest absolute Gasteiger partial charge is 0.254 e. The molecule has 0 aromatic heterocycles. The first kappa shape index (κ1) is 21.2. The van der Waals surface area contributed by atoms with E-state index in [1.165, 1.54) is 0 Å². The van der Waals surface area contributed by atoms with E-state index in [0.29, 0.717) is 24.4 Å². The number of benzene rings is 2. The number of nitrogens with one attached hydrogen (secondary N) is 1. The quantitative estimate of drug-likeness (QED) is 0.763. The standard InChI is InChI=1S/C24H28N2O5/c1-29-18-10-11-21(30-2)19(15-18)20-8-4-12-26(20)24(28)16-6-3-7-17(14-16)25-23(27)22-9-5-13-31-22/h3,6-7,10-11,14-15,20,22H,4-5,8-9,12-13H2,1-2H3,(H,25,27). The van der Waals surface area contributed by atoms with Gasteiger partial charge in [0.05, 0.1) is 20.3 Å². The fraction of sp³-hybridized carbons (Fsp3) is 0.417. The van der Waals surface area contributed by atoms with E-state index in [1.54, 1.807) is 38.5 Å². The van der Waals surface area contributed by atoms with Gasteiger partial charge in [-0.3, -0.25) is 9.59 Å². The van der Waals surface area contributed by atoms with Crippen LogP contribution in [-0.4, -0.2) is 50.2 Å². The van der Waals surface area contributed by atoms with Crippen LogP contribution < -0.4 is 14.8 Å². The van der Waals surface area contributed by atoms with Gasteiger partial charge in [0, 0.05) is 30.0 Å². The van der Waals surface area contributed by atoms with Gasteiger partial charge in [-0.2, -0.15) is 0 Å². The predicted molar refractivity (Wildman–Crippen MR) is 117 cm³/mol. The average molecular weight is 424 g/mol. The monoisotopic (exact) mass is 424 g/mol.